The maximum Gasteiger partial charge on any atom is 0.233 e. The van der Waals surface area contributed by atoms with E-state index >= 15 is 0 Å². The van der Waals surface area contributed by atoms with E-state index in [1.165, 1.54) is 29.3 Å². The number of benzene rings is 1. The van der Waals surface area contributed by atoms with Gasteiger partial charge in [0, 0.05) is 44.7 Å². The highest BCUT2D eigenvalue weighted by Gasteiger charge is 2.57. The number of carbonyl (C=O) groups is 2. The molecule has 0 N–H and O–H groups in total. The molecule has 4 aliphatic rings. The van der Waals surface area contributed by atoms with Crippen molar-refractivity contribution in [2.24, 2.45) is 35.5 Å². The van der Waals surface area contributed by atoms with Crippen molar-refractivity contribution in [1.82, 2.24) is 14.2 Å². The lowest BCUT2D eigenvalue weighted by molar-refractivity contribution is -0.142. The largest absolute Gasteiger partial charge is 0.353 e. The van der Waals surface area contributed by atoms with Crippen molar-refractivity contribution in [1.29, 1.82) is 0 Å². The van der Waals surface area contributed by atoms with Crippen LogP contribution in [0.25, 0.3) is 10.1 Å². The number of aromatic nitrogens is 1. The number of fused-ring (bicyclic) bond motifs is 2. The molecule has 1 aromatic heterocycles. The third-order valence-electron chi connectivity index (χ3n) is 9.82. The van der Waals surface area contributed by atoms with Crippen molar-refractivity contribution < 1.29 is 9.59 Å². The number of piperazine rings is 1. The van der Waals surface area contributed by atoms with E-state index < -0.39 is 0 Å². The van der Waals surface area contributed by atoms with E-state index in [2.05, 4.69) is 47.9 Å². The molecule has 6 atom stereocenters. The fourth-order valence-electron chi connectivity index (χ4n) is 7.81. The SMILES string of the molecule is CC[C@@H]1C[C@H](C)[C@H]2C(=O)N(C[C@@H]3CCCC[C@H]3CN3CCN(c4nsc5ccccc45)CC3)C(=O)[C@@H]12. The van der Waals surface area contributed by atoms with Gasteiger partial charge in [-0.05, 0) is 66.6 Å². The van der Waals surface area contributed by atoms with Gasteiger partial charge in [0.25, 0.3) is 0 Å². The Morgan fingerprint density at radius 2 is 1.61 bits per heavy atom. The van der Waals surface area contributed by atoms with Gasteiger partial charge in [0.15, 0.2) is 0 Å². The molecule has 2 aliphatic carbocycles. The molecular weight excluding hydrogens is 468 g/mol. The van der Waals surface area contributed by atoms with Crippen molar-refractivity contribution in [3.63, 3.8) is 0 Å². The number of imide groups is 1. The summed E-state index contributed by atoms with van der Waals surface area (Å²) in [5.41, 5.74) is 0. The van der Waals surface area contributed by atoms with Crippen LogP contribution >= 0.6 is 11.5 Å². The summed E-state index contributed by atoms with van der Waals surface area (Å²) >= 11 is 1.60. The van der Waals surface area contributed by atoms with E-state index in [0.717, 1.165) is 57.8 Å². The molecule has 0 spiro atoms. The lowest BCUT2D eigenvalue weighted by Crippen LogP contribution is -2.49. The summed E-state index contributed by atoms with van der Waals surface area (Å²) in [5.74, 6) is 3.08. The van der Waals surface area contributed by atoms with E-state index in [4.69, 9.17) is 4.37 Å². The van der Waals surface area contributed by atoms with Crippen LogP contribution in [-0.2, 0) is 9.59 Å². The topological polar surface area (TPSA) is 56.8 Å². The van der Waals surface area contributed by atoms with Crippen molar-refractivity contribution >= 4 is 39.3 Å². The Morgan fingerprint density at radius 1 is 0.917 bits per heavy atom. The van der Waals surface area contributed by atoms with E-state index in [9.17, 15) is 9.59 Å². The van der Waals surface area contributed by atoms with Crippen molar-refractivity contribution in [2.75, 3.05) is 44.2 Å². The second-order valence-corrected chi connectivity index (χ2v) is 12.6. The number of carbonyl (C=O) groups excluding carboxylic acids is 2. The molecule has 0 unspecified atom stereocenters. The number of rotatable bonds is 6. The summed E-state index contributed by atoms with van der Waals surface area (Å²) in [6, 6.07) is 8.53. The minimum Gasteiger partial charge on any atom is -0.353 e. The van der Waals surface area contributed by atoms with Gasteiger partial charge in [-0.15, -0.1) is 0 Å². The van der Waals surface area contributed by atoms with Crippen LogP contribution in [0.1, 0.15) is 52.4 Å². The molecule has 194 valence electrons. The molecule has 0 radical (unpaired) electrons. The van der Waals surface area contributed by atoms with Gasteiger partial charge in [0.1, 0.15) is 5.82 Å². The zero-order chi connectivity index (χ0) is 24.8. The number of anilines is 1. The normalized spacial score (nSPS) is 33.6. The maximum absolute atomic E-state index is 13.4. The van der Waals surface area contributed by atoms with Gasteiger partial charge in [-0.25, -0.2) is 0 Å². The van der Waals surface area contributed by atoms with E-state index in [0.29, 0.717) is 30.2 Å². The van der Waals surface area contributed by atoms with E-state index in [1.807, 2.05) is 0 Å². The summed E-state index contributed by atoms with van der Waals surface area (Å²) < 4.78 is 6.02. The van der Waals surface area contributed by atoms with Crippen LogP contribution < -0.4 is 4.90 Å². The van der Waals surface area contributed by atoms with Crippen LogP contribution in [0.2, 0.25) is 0 Å². The van der Waals surface area contributed by atoms with E-state index in [1.54, 1.807) is 16.4 Å². The van der Waals surface area contributed by atoms with Gasteiger partial charge in [0.2, 0.25) is 11.8 Å². The van der Waals surface area contributed by atoms with Gasteiger partial charge in [0.05, 0.1) is 16.5 Å². The lowest BCUT2D eigenvalue weighted by atomic mass is 9.78. The Hall–Kier alpha value is -1.99. The number of hydrogen-bond acceptors (Lipinski definition) is 6. The highest BCUT2D eigenvalue weighted by Crippen LogP contribution is 2.49. The van der Waals surface area contributed by atoms with Gasteiger partial charge >= 0.3 is 0 Å². The van der Waals surface area contributed by atoms with Crippen LogP contribution in [0.5, 0.6) is 0 Å². The van der Waals surface area contributed by atoms with Crippen LogP contribution in [0.15, 0.2) is 24.3 Å². The molecule has 2 aliphatic heterocycles. The Bertz CT molecular complexity index is 1110. The average Bonchev–Trinajstić information content (AvgIpc) is 3.55. The first-order chi connectivity index (χ1) is 17.5. The molecule has 1 aromatic carbocycles. The highest BCUT2D eigenvalue weighted by molar-refractivity contribution is 7.13. The maximum atomic E-state index is 13.4. The van der Waals surface area contributed by atoms with Gasteiger partial charge in [-0.2, -0.15) is 4.37 Å². The molecule has 7 heteroatoms. The quantitative estimate of drug-likeness (QED) is 0.520. The predicted molar refractivity (Wildman–Crippen MR) is 145 cm³/mol. The molecule has 6 nitrogen and oxygen atoms in total. The van der Waals surface area contributed by atoms with Crippen molar-refractivity contribution in [2.45, 2.75) is 52.4 Å². The van der Waals surface area contributed by atoms with Gasteiger partial charge in [-0.1, -0.05) is 45.2 Å². The zero-order valence-corrected chi connectivity index (χ0v) is 22.6. The monoisotopic (exact) mass is 508 g/mol. The summed E-state index contributed by atoms with van der Waals surface area (Å²) in [5, 5.41) is 1.27. The Morgan fingerprint density at radius 3 is 2.36 bits per heavy atom. The summed E-state index contributed by atoms with van der Waals surface area (Å²) in [4.78, 5) is 33.5. The first kappa shape index (κ1) is 24.4. The summed E-state index contributed by atoms with van der Waals surface area (Å²) in [6.45, 7) is 10.2. The molecule has 2 aromatic rings. The number of hydrogen-bond donors (Lipinski definition) is 0. The minimum atomic E-state index is -0.0561. The van der Waals surface area contributed by atoms with Crippen molar-refractivity contribution in [3.05, 3.63) is 24.3 Å². The van der Waals surface area contributed by atoms with Crippen LogP contribution in [-0.4, -0.2) is 65.3 Å². The molecule has 2 saturated heterocycles. The Labute approximate surface area is 219 Å². The lowest BCUT2D eigenvalue weighted by Gasteiger charge is -2.40. The van der Waals surface area contributed by atoms with Gasteiger partial charge < -0.3 is 4.90 Å². The third-order valence-corrected chi connectivity index (χ3v) is 10.6. The number of amides is 2. The molecule has 0 bridgehead atoms. The molecule has 2 amide bonds. The predicted octanol–water partition coefficient (Wildman–Crippen LogP) is 4.89. The first-order valence-corrected chi connectivity index (χ1v) is 15.0. The van der Waals surface area contributed by atoms with Crippen LogP contribution in [0, 0.1) is 35.5 Å². The zero-order valence-electron chi connectivity index (χ0n) is 21.8. The molecule has 36 heavy (non-hydrogen) atoms. The van der Waals surface area contributed by atoms with Gasteiger partial charge in [-0.3, -0.25) is 19.4 Å². The Balaban J connectivity index is 1.08. The average molecular weight is 509 g/mol. The van der Waals surface area contributed by atoms with Crippen molar-refractivity contribution in [3.8, 4) is 0 Å². The minimum absolute atomic E-state index is 0.0468. The fraction of sp³-hybridized carbons (Fsp3) is 0.690. The molecule has 6 rings (SSSR count). The Kier molecular flexibility index (Phi) is 6.80. The first-order valence-electron chi connectivity index (χ1n) is 14.2. The third kappa shape index (κ3) is 4.26. The highest BCUT2D eigenvalue weighted by atomic mass is 32.1. The van der Waals surface area contributed by atoms with E-state index in [-0.39, 0.29) is 23.7 Å². The molecule has 3 heterocycles. The standard InChI is InChI=1S/C29H40N4O2S/c1-3-20-16-19(2)25-26(20)29(35)33(28(25)34)18-22-9-5-4-8-21(22)17-31-12-14-32(15-13-31)27-23-10-6-7-11-24(23)36-30-27/h6-7,10-11,19-22,25-26H,3-5,8-9,12-18H2,1-2H3/t19-,20+,21-,22-,25+,26-/m0/s1. The summed E-state index contributed by atoms with van der Waals surface area (Å²) in [7, 11) is 0. The molecular formula is C29H40N4O2S. The number of nitrogens with zero attached hydrogens (tertiary/aromatic N) is 4. The second kappa shape index (κ2) is 10.1. The smallest absolute Gasteiger partial charge is 0.233 e. The second-order valence-electron chi connectivity index (χ2n) is 11.8. The molecule has 4 fully saturated rings. The van der Waals surface area contributed by atoms with Crippen LogP contribution in [0.3, 0.4) is 0 Å². The van der Waals surface area contributed by atoms with Crippen LogP contribution in [0.4, 0.5) is 5.82 Å². The fourth-order valence-corrected chi connectivity index (χ4v) is 8.61. The number of likely N-dealkylation sites (tertiary alicyclic amines) is 1. The summed E-state index contributed by atoms with van der Waals surface area (Å²) in [6.07, 6.45) is 6.91. The molecule has 2 saturated carbocycles.